The van der Waals surface area contributed by atoms with Gasteiger partial charge in [0.1, 0.15) is 5.54 Å². The quantitative estimate of drug-likeness (QED) is 0.549. The van der Waals surface area contributed by atoms with E-state index in [9.17, 15) is 4.79 Å². The molecule has 4 heteroatoms. The third kappa shape index (κ3) is 3.34. The van der Waals surface area contributed by atoms with Gasteiger partial charge in [-0.15, -0.1) is 0 Å². The maximum absolute atomic E-state index is 11.0. The minimum absolute atomic E-state index is 0.383. The van der Waals surface area contributed by atoms with Crippen LogP contribution in [0.1, 0.15) is 19.8 Å². The molecule has 0 aliphatic heterocycles. The lowest BCUT2D eigenvalue weighted by atomic mass is 9.97. The first-order valence-corrected chi connectivity index (χ1v) is 3.62. The average molecular weight is 160 g/mol. The highest BCUT2D eigenvalue weighted by atomic mass is 16.5. The van der Waals surface area contributed by atoms with Crippen molar-refractivity contribution in [3.8, 4) is 0 Å². The summed E-state index contributed by atoms with van der Waals surface area (Å²) in [6.45, 7) is 2.19. The molecular weight excluding hydrogens is 144 g/mol. The molecule has 0 fully saturated rings. The van der Waals surface area contributed by atoms with Gasteiger partial charge in [0.15, 0.2) is 0 Å². The van der Waals surface area contributed by atoms with Crippen molar-refractivity contribution in [2.75, 3.05) is 13.7 Å². The second-order valence-electron chi connectivity index (χ2n) is 2.80. The summed E-state index contributed by atoms with van der Waals surface area (Å²) in [5.74, 6) is -0.383. The van der Waals surface area contributed by atoms with E-state index in [1.165, 1.54) is 7.11 Å². The number of rotatable bonds is 4. The van der Waals surface area contributed by atoms with Gasteiger partial charge in [-0.3, -0.25) is 4.79 Å². The smallest absolute Gasteiger partial charge is 0.325 e. The van der Waals surface area contributed by atoms with Crippen molar-refractivity contribution in [3.63, 3.8) is 0 Å². The zero-order chi connectivity index (χ0) is 8.91. The zero-order valence-electron chi connectivity index (χ0n) is 7.09. The Labute approximate surface area is 66.9 Å². The van der Waals surface area contributed by atoms with Crippen molar-refractivity contribution in [1.82, 2.24) is 0 Å². The van der Waals surface area contributed by atoms with E-state index >= 15 is 0 Å². The van der Waals surface area contributed by atoms with E-state index in [0.717, 1.165) is 6.42 Å². The molecule has 4 N–H and O–H groups in total. The van der Waals surface area contributed by atoms with Crippen molar-refractivity contribution in [3.05, 3.63) is 0 Å². The van der Waals surface area contributed by atoms with Crippen LogP contribution in [0.3, 0.4) is 0 Å². The molecule has 0 aromatic carbocycles. The highest BCUT2D eigenvalue weighted by Crippen LogP contribution is 2.09. The topological polar surface area (TPSA) is 78.3 Å². The van der Waals surface area contributed by atoms with E-state index in [1.807, 2.05) is 0 Å². The van der Waals surface area contributed by atoms with Crippen molar-refractivity contribution >= 4 is 5.97 Å². The van der Waals surface area contributed by atoms with Gasteiger partial charge in [-0.05, 0) is 26.3 Å². The minimum Gasteiger partial charge on any atom is -0.468 e. The molecule has 1 atom stereocenters. The molecule has 0 saturated carbocycles. The van der Waals surface area contributed by atoms with Crippen LogP contribution in [-0.4, -0.2) is 25.2 Å². The van der Waals surface area contributed by atoms with Gasteiger partial charge in [0.25, 0.3) is 0 Å². The highest BCUT2D eigenvalue weighted by molar-refractivity contribution is 5.79. The molecule has 0 amide bonds. The second kappa shape index (κ2) is 4.31. The fourth-order valence-electron chi connectivity index (χ4n) is 0.805. The van der Waals surface area contributed by atoms with Gasteiger partial charge in [-0.25, -0.2) is 0 Å². The van der Waals surface area contributed by atoms with Crippen LogP contribution in [0.2, 0.25) is 0 Å². The largest absolute Gasteiger partial charge is 0.468 e. The molecule has 0 spiro atoms. The number of nitrogens with two attached hydrogens (primary N) is 2. The average Bonchev–Trinajstić information content (AvgIpc) is 1.99. The fourth-order valence-corrected chi connectivity index (χ4v) is 0.805. The minimum atomic E-state index is -0.881. The maximum Gasteiger partial charge on any atom is 0.325 e. The Morgan fingerprint density at radius 3 is 2.55 bits per heavy atom. The van der Waals surface area contributed by atoms with Crippen molar-refractivity contribution in [1.29, 1.82) is 0 Å². The van der Waals surface area contributed by atoms with Crippen molar-refractivity contribution in [2.24, 2.45) is 11.5 Å². The molecular formula is C7H16N2O2. The molecule has 0 unspecified atom stereocenters. The predicted molar refractivity (Wildman–Crippen MR) is 42.9 cm³/mol. The van der Waals surface area contributed by atoms with Gasteiger partial charge < -0.3 is 16.2 Å². The molecule has 4 nitrogen and oxygen atoms in total. The van der Waals surface area contributed by atoms with Crippen LogP contribution in [0.25, 0.3) is 0 Å². The number of carbonyl (C=O) groups excluding carboxylic acids is 1. The number of esters is 1. The Bertz CT molecular complexity index is 134. The Hall–Kier alpha value is -0.610. The summed E-state index contributed by atoms with van der Waals surface area (Å²) in [5, 5.41) is 0. The summed E-state index contributed by atoms with van der Waals surface area (Å²) < 4.78 is 4.51. The third-order valence-electron chi connectivity index (χ3n) is 1.55. The highest BCUT2D eigenvalue weighted by Gasteiger charge is 2.28. The lowest BCUT2D eigenvalue weighted by Crippen LogP contribution is -2.45. The van der Waals surface area contributed by atoms with E-state index < -0.39 is 5.54 Å². The number of hydrogen-bond donors (Lipinski definition) is 2. The van der Waals surface area contributed by atoms with Gasteiger partial charge in [0.2, 0.25) is 0 Å². The van der Waals surface area contributed by atoms with Crippen LogP contribution < -0.4 is 11.5 Å². The van der Waals surface area contributed by atoms with E-state index in [0.29, 0.717) is 13.0 Å². The maximum atomic E-state index is 11.0. The molecule has 0 aliphatic rings. The molecule has 0 radical (unpaired) electrons. The molecule has 0 heterocycles. The van der Waals surface area contributed by atoms with Gasteiger partial charge in [0.05, 0.1) is 7.11 Å². The standard InChI is InChI=1S/C7H16N2O2/c1-7(9,4-3-5-8)6(10)11-2/h3-5,8-9H2,1-2H3/t7-/m1/s1. The summed E-state index contributed by atoms with van der Waals surface area (Å²) in [7, 11) is 1.33. The molecule has 0 saturated heterocycles. The monoisotopic (exact) mass is 160 g/mol. The molecule has 11 heavy (non-hydrogen) atoms. The number of carbonyl (C=O) groups is 1. The van der Waals surface area contributed by atoms with Crippen molar-refractivity contribution in [2.45, 2.75) is 25.3 Å². The molecule has 0 bridgehead atoms. The molecule has 0 aliphatic carbocycles. The van der Waals surface area contributed by atoms with Gasteiger partial charge in [-0.2, -0.15) is 0 Å². The Morgan fingerprint density at radius 2 is 2.18 bits per heavy atom. The second-order valence-corrected chi connectivity index (χ2v) is 2.80. The van der Waals surface area contributed by atoms with Crippen LogP contribution in [-0.2, 0) is 9.53 Å². The van der Waals surface area contributed by atoms with E-state index in [2.05, 4.69) is 4.74 Å². The predicted octanol–water partition coefficient (Wildman–Crippen LogP) is -0.384. The van der Waals surface area contributed by atoms with E-state index in [-0.39, 0.29) is 5.97 Å². The molecule has 66 valence electrons. The third-order valence-corrected chi connectivity index (χ3v) is 1.55. The Morgan fingerprint density at radius 1 is 1.64 bits per heavy atom. The first kappa shape index (κ1) is 10.4. The van der Waals surface area contributed by atoms with Gasteiger partial charge >= 0.3 is 5.97 Å². The molecule has 0 aromatic heterocycles. The SMILES string of the molecule is COC(=O)[C@](C)(N)CCCN. The number of ether oxygens (including phenoxy) is 1. The van der Waals surface area contributed by atoms with E-state index in [1.54, 1.807) is 6.92 Å². The van der Waals surface area contributed by atoms with Crippen LogP contribution in [0.5, 0.6) is 0 Å². The Balaban J connectivity index is 3.88. The Kier molecular flexibility index (Phi) is 4.07. The van der Waals surface area contributed by atoms with Gasteiger partial charge in [0, 0.05) is 0 Å². The van der Waals surface area contributed by atoms with Crippen LogP contribution in [0, 0.1) is 0 Å². The summed E-state index contributed by atoms with van der Waals surface area (Å²) in [5.41, 5.74) is 10.0. The summed E-state index contributed by atoms with van der Waals surface area (Å²) in [6, 6.07) is 0. The van der Waals surface area contributed by atoms with Crippen LogP contribution in [0.4, 0.5) is 0 Å². The number of hydrogen-bond acceptors (Lipinski definition) is 4. The zero-order valence-corrected chi connectivity index (χ0v) is 7.09. The number of methoxy groups -OCH3 is 1. The first-order valence-electron chi connectivity index (χ1n) is 3.62. The normalized spacial score (nSPS) is 15.6. The van der Waals surface area contributed by atoms with Crippen LogP contribution >= 0.6 is 0 Å². The molecule has 0 rings (SSSR count). The summed E-state index contributed by atoms with van der Waals surface area (Å²) in [4.78, 5) is 11.0. The fraction of sp³-hybridized carbons (Fsp3) is 0.857. The lowest BCUT2D eigenvalue weighted by molar-refractivity contribution is -0.146. The van der Waals surface area contributed by atoms with Crippen molar-refractivity contribution < 1.29 is 9.53 Å². The van der Waals surface area contributed by atoms with E-state index in [4.69, 9.17) is 11.5 Å². The lowest BCUT2D eigenvalue weighted by Gasteiger charge is -2.20. The summed E-state index contributed by atoms with van der Waals surface area (Å²) >= 11 is 0. The summed E-state index contributed by atoms with van der Waals surface area (Å²) in [6.07, 6.45) is 1.30. The first-order chi connectivity index (χ1) is 5.04. The molecule has 0 aromatic rings. The van der Waals surface area contributed by atoms with Gasteiger partial charge in [-0.1, -0.05) is 0 Å². The van der Waals surface area contributed by atoms with Crippen LogP contribution in [0.15, 0.2) is 0 Å².